The molecule has 2 saturated carbocycles. The Labute approximate surface area is 111 Å². The van der Waals surface area contributed by atoms with Gasteiger partial charge in [0.1, 0.15) is 0 Å². The first-order valence-electron chi connectivity index (χ1n) is 7.65. The Bertz CT molecular complexity index is 278. The van der Waals surface area contributed by atoms with Crippen LogP contribution in [0.5, 0.6) is 0 Å². The summed E-state index contributed by atoms with van der Waals surface area (Å²) in [4.78, 5) is 14.9. The molecule has 3 heteroatoms. The number of carbonyl (C=O) groups excluding carboxylic acids is 1. The fraction of sp³-hybridized carbons (Fsp3) is 0.933. The normalized spacial score (nSPS) is 23.4. The summed E-state index contributed by atoms with van der Waals surface area (Å²) in [5.74, 6) is 0.337. The van der Waals surface area contributed by atoms with Crippen molar-refractivity contribution >= 4 is 5.91 Å². The van der Waals surface area contributed by atoms with Crippen molar-refractivity contribution in [3.63, 3.8) is 0 Å². The molecule has 2 aliphatic rings. The SMILES string of the molecule is CCC1(C(=O)N(CCO)C2CCCC2)CCCC1. The highest BCUT2D eigenvalue weighted by Crippen LogP contribution is 2.43. The predicted molar refractivity (Wildman–Crippen MR) is 72.2 cm³/mol. The molecule has 2 fully saturated rings. The first kappa shape index (κ1) is 13.9. The van der Waals surface area contributed by atoms with Gasteiger partial charge in [0.15, 0.2) is 0 Å². The highest BCUT2D eigenvalue weighted by molar-refractivity contribution is 5.83. The summed E-state index contributed by atoms with van der Waals surface area (Å²) in [5, 5.41) is 9.25. The Kier molecular flexibility index (Phi) is 4.66. The van der Waals surface area contributed by atoms with Crippen molar-refractivity contribution in [2.75, 3.05) is 13.2 Å². The van der Waals surface area contributed by atoms with E-state index < -0.39 is 0 Å². The molecule has 0 unspecified atom stereocenters. The lowest BCUT2D eigenvalue weighted by Gasteiger charge is -2.37. The molecular formula is C15H27NO2. The molecule has 1 amide bonds. The Morgan fingerprint density at radius 1 is 1.22 bits per heavy atom. The van der Waals surface area contributed by atoms with E-state index >= 15 is 0 Å². The van der Waals surface area contributed by atoms with E-state index in [1.165, 1.54) is 25.7 Å². The number of amides is 1. The van der Waals surface area contributed by atoms with Crippen LogP contribution < -0.4 is 0 Å². The molecule has 0 radical (unpaired) electrons. The largest absolute Gasteiger partial charge is 0.395 e. The lowest BCUT2D eigenvalue weighted by atomic mass is 9.81. The van der Waals surface area contributed by atoms with Crippen LogP contribution in [0.1, 0.15) is 64.7 Å². The van der Waals surface area contributed by atoms with Gasteiger partial charge in [-0.2, -0.15) is 0 Å². The third-order valence-corrected chi connectivity index (χ3v) is 5.06. The number of hydrogen-bond donors (Lipinski definition) is 1. The second-order valence-corrected chi connectivity index (χ2v) is 6.00. The maximum Gasteiger partial charge on any atom is 0.229 e. The molecule has 0 atom stereocenters. The zero-order chi connectivity index (χ0) is 13.0. The summed E-state index contributed by atoms with van der Waals surface area (Å²) in [6.07, 6.45) is 10.2. The van der Waals surface area contributed by atoms with Crippen molar-refractivity contribution in [1.82, 2.24) is 4.90 Å². The van der Waals surface area contributed by atoms with Gasteiger partial charge in [0.05, 0.1) is 6.61 Å². The molecule has 18 heavy (non-hydrogen) atoms. The summed E-state index contributed by atoms with van der Waals surface area (Å²) >= 11 is 0. The average Bonchev–Trinajstić information content (AvgIpc) is 3.06. The standard InChI is InChI=1S/C15H27NO2/c1-2-15(9-5-6-10-15)14(18)16(11-12-17)13-7-3-4-8-13/h13,17H,2-12H2,1H3. The maximum absolute atomic E-state index is 12.9. The zero-order valence-corrected chi connectivity index (χ0v) is 11.7. The fourth-order valence-electron chi connectivity index (χ4n) is 3.85. The molecule has 2 aliphatic carbocycles. The lowest BCUT2D eigenvalue weighted by molar-refractivity contribution is -0.145. The van der Waals surface area contributed by atoms with Crippen molar-refractivity contribution in [2.45, 2.75) is 70.8 Å². The van der Waals surface area contributed by atoms with Crippen LogP contribution in [0.25, 0.3) is 0 Å². The number of nitrogens with zero attached hydrogens (tertiary/aromatic N) is 1. The van der Waals surface area contributed by atoms with Gasteiger partial charge >= 0.3 is 0 Å². The summed E-state index contributed by atoms with van der Waals surface area (Å²) in [7, 11) is 0. The number of hydrogen-bond acceptors (Lipinski definition) is 2. The predicted octanol–water partition coefficient (Wildman–Crippen LogP) is 2.72. The molecule has 1 N–H and O–H groups in total. The molecule has 0 bridgehead atoms. The van der Waals surface area contributed by atoms with Gasteiger partial charge in [0.2, 0.25) is 5.91 Å². The molecule has 0 aromatic carbocycles. The minimum absolute atomic E-state index is 0.0992. The van der Waals surface area contributed by atoms with Crippen LogP contribution in [0, 0.1) is 5.41 Å². The minimum atomic E-state index is -0.0994. The van der Waals surface area contributed by atoms with E-state index in [0.717, 1.165) is 32.1 Å². The summed E-state index contributed by atoms with van der Waals surface area (Å²) in [6.45, 7) is 2.78. The van der Waals surface area contributed by atoms with Crippen molar-refractivity contribution in [3.8, 4) is 0 Å². The smallest absolute Gasteiger partial charge is 0.229 e. The number of carbonyl (C=O) groups is 1. The summed E-state index contributed by atoms with van der Waals surface area (Å²) in [5.41, 5.74) is -0.0994. The van der Waals surface area contributed by atoms with Crippen LogP contribution in [-0.2, 0) is 4.79 Å². The number of aliphatic hydroxyl groups is 1. The second-order valence-electron chi connectivity index (χ2n) is 6.00. The minimum Gasteiger partial charge on any atom is -0.395 e. The van der Waals surface area contributed by atoms with Gasteiger partial charge in [-0.1, -0.05) is 32.6 Å². The summed E-state index contributed by atoms with van der Waals surface area (Å²) < 4.78 is 0. The van der Waals surface area contributed by atoms with Gasteiger partial charge in [0.25, 0.3) is 0 Å². The zero-order valence-electron chi connectivity index (χ0n) is 11.7. The van der Waals surface area contributed by atoms with Crippen LogP contribution in [0.2, 0.25) is 0 Å². The van der Waals surface area contributed by atoms with E-state index in [9.17, 15) is 9.90 Å². The molecule has 3 nitrogen and oxygen atoms in total. The molecule has 0 aromatic heterocycles. The molecule has 0 saturated heterocycles. The van der Waals surface area contributed by atoms with Crippen LogP contribution >= 0.6 is 0 Å². The van der Waals surface area contributed by atoms with Crippen LogP contribution in [0.15, 0.2) is 0 Å². The molecule has 104 valence electrons. The van der Waals surface area contributed by atoms with Crippen molar-refractivity contribution in [2.24, 2.45) is 5.41 Å². The van der Waals surface area contributed by atoms with Crippen molar-refractivity contribution < 1.29 is 9.90 Å². The molecule has 0 spiro atoms. The Morgan fingerprint density at radius 2 is 1.83 bits per heavy atom. The Balaban J connectivity index is 2.11. The molecular weight excluding hydrogens is 226 g/mol. The monoisotopic (exact) mass is 253 g/mol. The third kappa shape index (κ3) is 2.56. The van der Waals surface area contributed by atoms with E-state index in [4.69, 9.17) is 0 Å². The number of rotatable bonds is 5. The van der Waals surface area contributed by atoms with Crippen molar-refractivity contribution in [1.29, 1.82) is 0 Å². The summed E-state index contributed by atoms with van der Waals surface area (Å²) in [6, 6.07) is 0.397. The Morgan fingerprint density at radius 3 is 2.33 bits per heavy atom. The van der Waals surface area contributed by atoms with Gasteiger partial charge in [-0.3, -0.25) is 4.79 Å². The second kappa shape index (κ2) is 6.05. The third-order valence-electron chi connectivity index (χ3n) is 5.06. The first-order chi connectivity index (χ1) is 8.73. The van der Waals surface area contributed by atoms with E-state index in [2.05, 4.69) is 6.92 Å². The highest BCUT2D eigenvalue weighted by atomic mass is 16.3. The topological polar surface area (TPSA) is 40.5 Å². The van der Waals surface area contributed by atoms with E-state index in [0.29, 0.717) is 18.5 Å². The van der Waals surface area contributed by atoms with Gasteiger partial charge in [-0.25, -0.2) is 0 Å². The molecule has 2 rings (SSSR count). The van der Waals surface area contributed by atoms with Crippen LogP contribution in [0.3, 0.4) is 0 Å². The molecule has 0 aromatic rings. The van der Waals surface area contributed by atoms with Gasteiger partial charge < -0.3 is 10.0 Å². The quantitative estimate of drug-likeness (QED) is 0.818. The molecule has 0 heterocycles. The van der Waals surface area contributed by atoms with Crippen LogP contribution in [-0.4, -0.2) is 35.1 Å². The van der Waals surface area contributed by atoms with Crippen molar-refractivity contribution in [3.05, 3.63) is 0 Å². The first-order valence-corrected chi connectivity index (χ1v) is 7.65. The molecule has 0 aliphatic heterocycles. The van der Waals surface area contributed by atoms with Gasteiger partial charge in [0, 0.05) is 18.0 Å². The highest BCUT2D eigenvalue weighted by Gasteiger charge is 2.43. The Hall–Kier alpha value is -0.570. The van der Waals surface area contributed by atoms with E-state index in [1.807, 2.05) is 4.90 Å². The van der Waals surface area contributed by atoms with Crippen LogP contribution in [0.4, 0.5) is 0 Å². The lowest BCUT2D eigenvalue weighted by Crippen LogP contribution is -2.48. The van der Waals surface area contributed by atoms with Gasteiger partial charge in [-0.15, -0.1) is 0 Å². The van der Waals surface area contributed by atoms with E-state index in [-0.39, 0.29) is 12.0 Å². The fourth-order valence-corrected chi connectivity index (χ4v) is 3.85. The van der Waals surface area contributed by atoms with E-state index in [1.54, 1.807) is 0 Å². The average molecular weight is 253 g/mol. The van der Waals surface area contributed by atoms with Gasteiger partial charge in [-0.05, 0) is 32.1 Å². The maximum atomic E-state index is 12.9. The number of aliphatic hydroxyl groups excluding tert-OH is 1.